The van der Waals surface area contributed by atoms with Crippen LogP contribution in [-0.4, -0.2) is 31.8 Å². The number of benzene rings is 1. The van der Waals surface area contributed by atoms with Crippen LogP contribution in [0.4, 0.5) is 0 Å². The summed E-state index contributed by atoms with van der Waals surface area (Å²) in [6.07, 6.45) is 5.44. The highest BCUT2D eigenvalue weighted by atomic mass is 16.5. The Morgan fingerprint density at radius 1 is 1.24 bits per heavy atom. The highest BCUT2D eigenvalue weighted by Crippen LogP contribution is 2.28. The molecule has 2 aromatic rings. The van der Waals surface area contributed by atoms with Crippen molar-refractivity contribution < 1.29 is 9.47 Å². The smallest absolute Gasteiger partial charge is 0.130 e. The number of rotatable bonds is 5. The summed E-state index contributed by atoms with van der Waals surface area (Å²) in [6, 6.07) is 7.81. The molecular weight excluding hydrogens is 264 g/mol. The van der Waals surface area contributed by atoms with Crippen molar-refractivity contribution in [1.29, 1.82) is 0 Å². The Balaban J connectivity index is 1.68. The van der Waals surface area contributed by atoms with Gasteiger partial charge in [0.25, 0.3) is 0 Å². The van der Waals surface area contributed by atoms with Gasteiger partial charge in [0.05, 0.1) is 19.2 Å². The molecule has 0 aliphatic carbocycles. The van der Waals surface area contributed by atoms with Gasteiger partial charge < -0.3 is 14.8 Å². The summed E-state index contributed by atoms with van der Waals surface area (Å²) in [5.41, 5.74) is 0.940. The van der Waals surface area contributed by atoms with Gasteiger partial charge >= 0.3 is 0 Å². The maximum absolute atomic E-state index is 6.01. The van der Waals surface area contributed by atoms with Crippen molar-refractivity contribution in [3.8, 4) is 11.5 Å². The lowest BCUT2D eigenvalue weighted by atomic mass is 9.95. The lowest BCUT2D eigenvalue weighted by Crippen LogP contribution is -2.28. The van der Waals surface area contributed by atoms with Crippen molar-refractivity contribution in [2.24, 2.45) is 5.92 Å². The van der Waals surface area contributed by atoms with Crippen molar-refractivity contribution in [2.45, 2.75) is 19.3 Å². The van der Waals surface area contributed by atoms with Gasteiger partial charge in [-0.3, -0.25) is 4.98 Å². The molecule has 0 unspecified atom stereocenters. The van der Waals surface area contributed by atoms with E-state index in [4.69, 9.17) is 9.47 Å². The molecule has 1 N–H and O–H groups in total. The van der Waals surface area contributed by atoms with E-state index in [2.05, 4.69) is 10.3 Å². The molecule has 4 heteroatoms. The second-order valence-corrected chi connectivity index (χ2v) is 5.52. The fraction of sp³-hybridized carbons (Fsp3) is 0.471. The van der Waals surface area contributed by atoms with E-state index in [9.17, 15) is 0 Å². The molecule has 1 aromatic carbocycles. The number of hydrogen-bond donors (Lipinski definition) is 1. The zero-order chi connectivity index (χ0) is 14.5. The lowest BCUT2D eigenvalue weighted by molar-refractivity contribution is 0.253. The molecule has 3 rings (SSSR count). The van der Waals surface area contributed by atoms with E-state index in [-0.39, 0.29) is 0 Å². The quantitative estimate of drug-likeness (QED) is 0.917. The summed E-state index contributed by atoms with van der Waals surface area (Å²) in [4.78, 5) is 4.37. The van der Waals surface area contributed by atoms with E-state index in [1.807, 2.05) is 24.3 Å². The molecule has 0 spiro atoms. The fourth-order valence-corrected chi connectivity index (χ4v) is 2.86. The zero-order valence-corrected chi connectivity index (χ0v) is 12.5. The van der Waals surface area contributed by atoms with Crippen LogP contribution in [0.25, 0.3) is 10.9 Å². The maximum atomic E-state index is 6.01. The summed E-state index contributed by atoms with van der Waals surface area (Å²) in [7, 11) is 1.68. The first-order chi connectivity index (χ1) is 10.4. The Labute approximate surface area is 125 Å². The van der Waals surface area contributed by atoms with Crippen LogP contribution in [0.3, 0.4) is 0 Å². The standard InChI is InChI=1S/C17H22N2O2/c1-20-14-2-3-16-15(12-14)17(6-10-19-16)21-11-7-13-4-8-18-9-5-13/h2-3,6,10,12-13,18H,4-5,7-9,11H2,1H3. The minimum absolute atomic E-state index is 0.765. The molecule has 2 heterocycles. The minimum Gasteiger partial charge on any atom is -0.497 e. The van der Waals surface area contributed by atoms with Crippen LogP contribution in [0.15, 0.2) is 30.5 Å². The third-order valence-corrected chi connectivity index (χ3v) is 4.15. The van der Waals surface area contributed by atoms with Crippen LogP contribution in [0.1, 0.15) is 19.3 Å². The Bertz CT molecular complexity index is 594. The summed E-state index contributed by atoms with van der Waals surface area (Å²) < 4.78 is 11.3. The van der Waals surface area contributed by atoms with Gasteiger partial charge in [0.15, 0.2) is 0 Å². The van der Waals surface area contributed by atoms with E-state index in [1.165, 1.54) is 12.8 Å². The molecule has 112 valence electrons. The van der Waals surface area contributed by atoms with E-state index >= 15 is 0 Å². The summed E-state index contributed by atoms with van der Waals surface area (Å²) >= 11 is 0. The minimum atomic E-state index is 0.765. The van der Waals surface area contributed by atoms with Gasteiger partial charge in [0, 0.05) is 11.6 Å². The van der Waals surface area contributed by atoms with Gasteiger partial charge in [0.2, 0.25) is 0 Å². The summed E-state index contributed by atoms with van der Waals surface area (Å²) in [5, 5.41) is 4.41. The third kappa shape index (κ3) is 3.45. The average Bonchev–Trinajstić information content (AvgIpc) is 2.55. The van der Waals surface area contributed by atoms with Gasteiger partial charge in [-0.15, -0.1) is 0 Å². The number of hydrogen-bond acceptors (Lipinski definition) is 4. The number of ether oxygens (including phenoxy) is 2. The van der Waals surface area contributed by atoms with E-state index in [0.717, 1.165) is 54.4 Å². The normalized spacial score (nSPS) is 16.0. The number of pyridine rings is 1. The molecule has 1 aromatic heterocycles. The molecule has 1 saturated heterocycles. The van der Waals surface area contributed by atoms with Crippen LogP contribution in [0.5, 0.6) is 11.5 Å². The monoisotopic (exact) mass is 286 g/mol. The molecule has 4 nitrogen and oxygen atoms in total. The van der Waals surface area contributed by atoms with Gasteiger partial charge in [0.1, 0.15) is 11.5 Å². The van der Waals surface area contributed by atoms with Gasteiger partial charge in [-0.1, -0.05) is 0 Å². The molecule has 21 heavy (non-hydrogen) atoms. The predicted octanol–water partition coefficient (Wildman–Crippen LogP) is 3.01. The molecule has 1 fully saturated rings. The first kappa shape index (κ1) is 14.1. The number of aromatic nitrogens is 1. The Hall–Kier alpha value is -1.81. The molecule has 0 amide bonds. The summed E-state index contributed by atoms with van der Waals surface area (Å²) in [6.45, 7) is 3.04. The molecule has 0 bridgehead atoms. The highest BCUT2D eigenvalue weighted by molar-refractivity contribution is 5.86. The van der Waals surface area contributed by atoms with Gasteiger partial charge in [-0.2, -0.15) is 0 Å². The second kappa shape index (κ2) is 6.76. The van der Waals surface area contributed by atoms with E-state index < -0.39 is 0 Å². The summed E-state index contributed by atoms with van der Waals surface area (Å²) in [5.74, 6) is 2.51. The first-order valence-corrected chi connectivity index (χ1v) is 7.63. The molecule has 0 radical (unpaired) electrons. The Morgan fingerprint density at radius 2 is 2.10 bits per heavy atom. The van der Waals surface area contributed by atoms with Crippen molar-refractivity contribution in [3.05, 3.63) is 30.5 Å². The van der Waals surface area contributed by atoms with Crippen molar-refractivity contribution in [1.82, 2.24) is 10.3 Å². The number of methoxy groups -OCH3 is 1. The van der Waals surface area contributed by atoms with Crippen LogP contribution < -0.4 is 14.8 Å². The van der Waals surface area contributed by atoms with E-state index in [0.29, 0.717) is 0 Å². The second-order valence-electron chi connectivity index (χ2n) is 5.52. The molecule has 1 aliphatic rings. The highest BCUT2D eigenvalue weighted by Gasteiger charge is 2.13. The van der Waals surface area contributed by atoms with Crippen molar-refractivity contribution in [3.63, 3.8) is 0 Å². The van der Waals surface area contributed by atoms with Crippen LogP contribution in [-0.2, 0) is 0 Å². The maximum Gasteiger partial charge on any atom is 0.130 e. The van der Waals surface area contributed by atoms with Crippen molar-refractivity contribution in [2.75, 3.05) is 26.8 Å². The lowest BCUT2D eigenvalue weighted by Gasteiger charge is -2.22. The Kier molecular flexibility index (Phi) is 4.55. The molecule has 1 aliphatic heterocycles. The van der Waals surface area contributed by atoms with Crippen LogP contribution in [0, 0.1) is 5.92 Å². The molecular formula is C17H22N2O2. The topological polar surface area (TPSA) is 43.4 Å². The molecule has 0 atom stereocenters. The largest absolute Gasteiger partial charge is 0.497 e. The third-order valence-electron chi connectivity index (χ3n) is 4.15. The van der Waals surface area contributed by atoms with Gasteiger partial charge in [-0.25, -0.2) is 0 Å². The van der Waals surface area contributed by atoms with Crippen LogP contribution >= 0.6 is 0 Å². The average molecular weight is 286 g/mol. The van der Waals surface area contributed by atoms with Gasteiger partial charge in [-0.05, 0) is 62.5 Å². The SMILES string of the molecule is COc1ccc2nccc(OCCC3CCNCC3)c2c1. The number of fused-ring (bicyclic) bond motifs is 1. The number of nitrogens with zero attached hydrogens (tertiary/aromatic N) is 1. The van der Waals surface area contributed by atoms with E-state index in [1.54, 1.807) is 13.3 Å². The fourth-order valence-electron chi connectivity index (χ4n) is 2.86. The zero-order valence-electron chi connectivity index (χ0n) is 12.5. The number of piperidine rings is 1. The predicted molar refractivity (Wildman–Crippen MR) is 84.0 cm³/mol. The Morgan fingerprint density at radius 3 is 2.90 bits per heavy atom. The number of nitrogens with one attached hydrogen (secondary N) is 1. The van der Waals surface area contributed by atoms with Crippen LogP contribution in [0.2, 0.25) is 0 Å². The first-order valence-electron chi connectivity index (χ1n) is 7.63. The molecule has 0 saturated carbocycles. The van der Waals surface area contributed by atoms with Crippen molar-refractivity contribution >= 4 is 10.9 Å².